The first kappa shape index (κ1) is 10.4. The second-order valence-electron chi connectivity index (χ2n) is 5.23. The van der Waals surface area contributed by atoms with Crippen LogP contribution in [0, 0.1) is 5.92 Å². The molecule has 3 atom stereocenters. The Morgan fingerprint density at radius 1 is 1.50 bits per heavy atom. The lowest BCUT2D eigenvalue weighted by Crippen LogP contribution is -2.64. The fraction of sp³-hybridized carbons (Fsp3) is 1.00. The molecule has 0 spiro atoms. The minimum Gasteiger partial charge on any atom is -0.388 e. The van der Waals surface area contributed by atoms with Crippen molar-refractivity contribution in [3.8, 4) is 0 Å². The van der Waals surface area contributed by atoms with Gasteiger partial charge in [0, 0.05) is 31.1 Å². The summed E-state index contributed by atoms with van der Waals surface area (Å²) in [5.41, 5.74) is 5.12. The quantitative estimate of drug-likeness (QED) is 0.682. The van der Waals surface area contributed by atoms with E-state index < -0.39 is 5.60 Å². The van der Waals surface area contributed by atoms with Crippen LogP contribution in [0.3, 0.4) is 0 Å². The number of aliphatic hydroxyl groups is 1. The van der Waals surface area contributed by atoms with E-state index in [0.29, 0.717) is 24.5 Å². The highest BCUT2D eigenvalue weighted by Crippen LogP contribution is 2.42. The summed E-state index contributed by atoms with van der Waals surface area (Å²) in [5.74, 6) is 0.403. The third-order valence-electron chi connectivity index (χ3n) is 4.11. The van der Waals surface area contributed by atoms with Crippen molar-refractivity contribution in [2.45, 2.75) is 50.8 Å². The van der Waals surface area contributed by atoms with Crippen molar-refractivity contribution in [3.05, 3.63) is 0 Å². The summed E-state index contributed by atoms with van der Waals surface area (Å²) in [6.45, 7) is 5.94. The molecule has 3 N–H and O–H groups in total. The van der Waals surface area contributed by atoms with Crippen LogP contribution in [-0.4, -0.2) is 40.8 Å². The van der Waals surface area contributed by atoms with Gasteiger partial charge in [-0.15, -0.1) is 0 Å². The van der Waals surface area contributed by atoms with E-state index in [9.17, 15) is 5.11 Å². The molecule has 3 nitrogen and oxygen atoms in total. The lowest BCUT2D eigenvalue weighted by atomic mass is 9.68. The maximum absolute atomic E-state index is 10.3. The predicted octanol–water partition coefficient (Wildman–Crippen LogP) is 0.569. The van der Waals surface area contributed by atoms with Gasteiger partial charge in [0.1, 0.15) is 0 Å². The van der Waals surface area contributed by atoms with Gasteiger partial charge in [-0.2, -0.15) is 0 Å². The second kappa shape index (κ2) is 3.47. The number of rotatable bonds is 2. The molecule has 0 aromatic heterocycles. The smallest absolute Gasteiger partial charge is 0.0824 e. The third-order valence-corrected chi connectivity index (χ3v) is 4.11. The van der Waals surface area contributed by atoms with Gasteiger partial charge in [-0.05, 0) is 33.1 Å². The Kier molecular flexibility index (Phi) is 2.58. The molecular weight excluding hydrogens is 176 g/mol. The topological polar surface area (TPSA) is 49.5 Å². The molecule has 3 aliphatic rings. The van der Waals surface area contributed by atoms with Crippen LogP contribution in [0.1, 0.15) is 33.1 Å². The summed E-state index contributed by atoms with van der Waals surface area (Å²) in [6.07, 6.45) is 3.28. The van der Waals surface area contributed by atoms with E-state index in [0.717, 1.165) is 19.4 Å². The van der Waals surface area contributed by atoms with Crippen LogP contribution in [-0.2, 0) is 0 Å². The molecule has 1 saturated carbocycles. The molecule has 2 aliphatic heterocycles. The van der Waals surface area contributed by atoms with Gasteiger partial charge in [-0.1, -0.05) is 0 Å². The molecule has 82 valence electrons. The minimum absolute atomic E-state index is 0.403. The number of hydrogen-bond acceptors (Lipinski definition) is 3. The van der Waals surface area contributed by atoms with E-state index in [2.05, 4.69) is 18.7 Å². The number of piperidine rings is 2. The maximum Gasteiger partial charge on any atom is 0.0824 e. The molecule has 0 amide bonds. The molecule has 0 radical (unpaired) electrons. The van der Waals surface area contributed by atoms with Gasteiger partial charge in [0.05, 0.1) is 5.60 Å². The molecule has 1 aliphatic carbocycles. The standard InChI is InChI=1S/C11H22N2O/c1-8(2)13-6-9-3-4-10(13)5-11(9,14)7-12/h8-10,14H,3-7,12H2,1-2H3. The van der Waals surface area contributed by atoms with Crippen LogP contribution < -0.4 is 5.73 Å². The largest absolute Gasteiger partial charge is 0.388 e. The van der Waals surface area contributed by atoms with Crippen molar-refractivity contribution >= 4 is 0 Å². The van der Waals surface area contributed by atoms with Crippen molar-refractivity contribution in [3.63, 3.8) is 0 Å². The van der Waals surface area contributed by atoms with Crippen LogP contribution in [0.4, 0.5) is 0 Å². The van der Waals surface area contributed by atoms with Gasteiger partial charge < -0.3 is 10.8 Å². The lowest BCUT2D eigenvalue weighted by molar-refractivity contribution is -0.128. The summed E-state index contributed by atoms with van der Waals surface area (Å²) in [6, 6.07) is 1.17. The number of nitrogens with zero attached hydrogens (tertiary/aromatic N) is 1. The summed E-state index contributed by atoms with van der Waals surface area (Å²) < 4.78 is 0. The highest BCUT2D eigenvalue weighted by atomic mass is 16.3. The van der Waals surface area contributed by atoms with E-state index >= 15 is 0 Å². The summed E-state index contributed by atoms with van der Waals surface area (Å²) in [4.78, 5) is 2.53. The molecule has 14 heavy (non-hydrogen) atoms. The van der Waals surface area contributed by atoms with Gasteiger partial charge in [-0.3, -0.25) is 4.90 Å². The highest BCUT2D eigenvalue weighted by Gasteiger charge is 2.48. The first-order valence-electron chi connectivity index (χ1n) is 5.75. The van der Waals surface area contributed by atoms with E-state index in [4.69, 9.17) is 5.73 Å². The molecule has 0 aromatic carbocycles. The van der Waals surface area contributed by atoms with Crippen LogP contribution in [0.25, 0.3) is 0 Å². The monoisotopic (exact) mass is 198 g/mol. The van der Waals surface area contributed by atoms with E-state index in [1.165, 1.54) is 6.42 Å². The Bertz CT molecular complexity index is 219. The Balaban J connectivity index is 2.12. The average molecular weight is 198 g/mol. The first-order valence-corrected chi connectivity index (χ1v) is 5.75. The molecule has 2 heterocycles. The second-order valence-corrected chi connectivity index (χ2v) is 5.23. The zero-order chi connectivity index (χ0) is 10.3. The van der Waals surface area contributed by atoms with Gasteiger partial charge in [0.25, 0.3) is 0 Å². The summed E-state index contributed by atoms with van der Waals surface area (Å²) >= 11 is 0. The lowest BCUT2D eigenvalue weighted by Gasteiger charge is -2.55. The van der Waals surface area contributed by atoms with Crippen LogP contribution >= 0.6 is 0 Å². The first-order chi connectivity index (χ1) is 6.57. The van der Waals surface area contributed by atoms with Crippen molar-refractivity contribution in [2.24, 2.45) is 11.7 Å². The van der Waals surface area contributed by atoms with Gasteiger partial charge in [-0.25, -0.2) is 0 Å². The molecule has 2 saturated heterocycles. The molecule has 0 aromatic rings. The highest BCUT2D eigenvalue weighted by molar-refractivity contribution is 5.03. The fourth-order valence-electron chi connectivity index (χ4n) is 3.17. The van der Waals surface area contributed by atoms with Gasteiger partial charge >= 0.3 is 0 Å². The molecular formula is C11H22N2O. The van der Waals surface area contributed by atoms with E-state index in [-0.39, 0.29) is 0 Å². The molecule has 3 fully saturated rings. The van der Waals surface area contributed by atoms with E-state index in [1.807, 2.05) is 0 Å². The Labute approximate surface area is 86.3 Å². The minimum atomic E-state index is -0.561. The SMILES string of the molecule is CC(C)N1CC2CCC1CC2(O)CN. The Morgan fingerprint density at radius 2 is 2.21 bits per heavy atom. The molecule has 2 bridgehead atoms. The zero-order valence-electron chi connectivity index (χ0n) is 9.24. The van der Waals surface area contributed by atoms with Crippen LogP contribution in [0.15, 0.2) is 0 Å². The third kappa shape index (κ3) is 1.47. The van der Waals surface area contributed by atoms with Crippen molar-refractivity contribution < 1.29 is 5.11 Å². The fourth-order valence-corrected chi connectivity index (χ4v) is 3.17. The number of nitrogens with two attached hydrogens (primary N) is 1. The van der Waals surface area contributed by atoms with Crippen LogP contribution in [0.2, 0.25) is 0 Å². The van der Waals surface area contributed by atoms with Gasteiger partial charge in [0.15, 0.2) is 0 Å². The molecule has 3 unspecified atom stereocenters. The Morgan fingerprint density at radius 3 is 2.64 bits per heavy atom. The van der Waals surface area contributed by atoms with Crippen LogP contribution in [0.5, 0.6) is 0 Å². The molecule has 3 rings (SSSR count). The van der Waals surface area contributed by atoms with Crippen molar-refractivity contribution in [1.82, 2.24) is 4.90 Å². The zero-order valence-corrected chi connectivity index (χ0v) is 9.24. The average Bonchev–Trinajstić information content (AvgIpc) is 2.18. The Hall–Kier alpha value is -0.120. The maximum atomic E-state index is 10.3. The van der Waals surface area contributed by atoms with E-state index in [1.54, 1.807) is 0 Å². The van der Waals surface area contributed by atoms with Gasteiger partial charge in [0.2, 0.25) is 0 Å². The summed E-state index contributed by atoms with van der Waals surface area (Å²) in [5, 5.41) is 10.3. The number of hydrogen-bond donors (Lipinski definition) is 2. The van der Waals surface area contributed by atoms with Crippen molar-refractivity contribution in [1.29, 1.82) is 0 Å². The summed E-state index contributed by atoms with van der Waals surface area (Å²) in [7, 11) is 0. The molecule has 3 heteroatoms. The normalized spacial score (nSPS) is 43.5. The van der Waals surface area contributed by atoms with Crippen molar-refractivity contribution in [2.75, 3.05) is 13.1 Å². The number of fused-ring (bicyclic) bond motifs is 3. The predicted molar refractivity (Wildman–Crippen MR) is 57.0 cm³/mol.